The second-order valence-corrected chi connectivity index (χ2v) is 6.53. The summed E-state index contributed by atoms with van der Waals surface area (Å²) in [5.41, 5.74) is 12.2. The van der Waals surface area contributed by atoms with Gasteiger partial charge in [-0.3, -0.25) is 9.69 Å². The smallest absolute Gasteiger partial charge is 0.279 e. The van der Waals surface area contributed by atoms with Gasteiger partial charge in [-0.1, -0.05) is 18.2 Å². The van der Waals surface area contributed by atoms with Crippen molar-refractivity contribution in [2.24, 2.45) is 22.4 Å². The highest BCUT2D eigenvalue weighted by atomic mass is 35.5. The van der Waals surface area contributed by atoms with Crippen molar-refractivity contribution in [1.29, 1.82) is 0 Å². The van der Waals surface area contributed by atoms with E-state index in [1.165, 1.54) is 0 Å². The molecular formula is C16H21ClN4O2. The van der Waals surface area contributed by atoms with E-state index >= 15 is 0 Å². The molecule has 4 N–H and O–H groups in total. The summed E-state index contributed by atoms with van der Waals surface area (Å²) in [5, 5.41) is -0.281. The Hall–Kier alpha value is -1.63. The second-order valence-electron chi connectivity index (χ2n) is 6.06. The van der Waals surface area contributed by atoms with E-state index in [-0.39, 0.29) is 29.4 Å². The molecule has 4 atom stereocenters. The Bertz CT molecular complexity index is 622. The number of carbonyl (C=O) groups excluding carboxylic acids is 1. The fraction of sp³-hybridized carbons (Fsp3) is 0.500. The molecule has 2 aliphatic heterocycles. The fourth-order valence-corrected chi connectivity index (χ4v) is 3.87. The van der Waals surface area contributed by atoms with E-state index in [0.717, 1.165) is 25.1 Å². The van der Waals surface area contributed by atoms with E-state index in [2.05, 4.69) is 9.89 Å². The Labute approximate surface area is 140 Å². The number of rotatable bonds is 2. The summed E-state index contributed by atoms with van der Waals surface area (Å²) >= 11 is 6.56. The number of hydrogen-bond donors (Lipinski definition) is 2. The largest absolute Gasteiger partial charge is 0.376 e. The van der Waals surface area contributed by atoms with Gasteiger partial charge in [0, 0.05) is 25.3 Å². The topological polar surface area (TPSA) is 93.9 Å². The molecule has 0 spiro atoms. The minimum atomic E-state index is -0.418. The van der Waals surface area contributed by atoms with E-state index < -0.39 is 5.91 Å². The van der Waals surface area contributed by atoms with Gasteiger partial charge in [0.15, 0.2) is 5.96 Å². The number of aliphatic imine (C=N–C) groups is 1. The number of allylic oxidation sites excluding steroid dienone is 1. The van der Waals surface area contributed by atoms with Crippen LogP contribution in [-0.4, -0.2) is 54.5 Å². The second kappa shape index (κ2) is 6.47. The van der Waals surface area contributed by atoms with E-state index in [4.69, 9.17) is 27.8 Å². The van der Waals surface area contributed by atoms with Gasteiger partial charge in [-0.25, -0.2) is 0 Å². The zero-order valence-electron chi connectivity index (χ0n) is 13.0. The van der Waals surface area contributed by atoms with Crippen LogP contribution in [0.15, 0.2) is 40.4 Å². The molecule has 1 amide bonds. The third-order valence-electron chi connectivity index (χ3n) is 4.61. The van der Waals surface area contributed by atoms with Crippen molar-refractivity contribution < 1.29 is 9.53 Å². The van der Waals surface area contributed by atoms with Crippen LogP contribution in [-0.2, 0) is 9.53 Å². The van der Waals surface area contributed by atoms with Crippen LogP contribution in [0.3, 0.4) is 0 Å². The molecule has 124 valence electrons. The lowest BCUT2D eigenvalue weighted by atomic mass is 9.83. The molecule has 0 aromatic rings. The summed E-state index contributed by atoms with van der Waals surface area (Å²) < 4.78 is 5.49. The van der Waals surface area contributed by atoms with Crippen LogP contribution in [0.25, 0.3) is 0 Å². The summed E-state index contributed by atoms with van der Waals surface area (Å²) in [5.74, 6) is -0.403. The molecule has 1 aliphatic carbocycles. The molecule has 2 heterocycles. The highest BCUT2D eigenvalue weighted by molar-refractivity contribution is 6.24. The molecule has 0 aromatic carbocycles. The molecule has 1 fully saturated rings. The number of ether oxygens (including phenoxy) is 1. The number of carbonyl (C=O) groups is 1. The predicted molar refractivity (Wildman–Crippen MR) is 90.0 cm³/mol. The number of amides is 1. The maximum absolute atomic E-state index is 12.2. The zero-order valence-corrected chi connectivity index (χ0v) is 13.7. The Morgan fingerprint density at radius 1 is 1.43 bits per heavy atom. The Morgan fingerprint density at radius 3 is 2.91 bits per heavy atom. The zero-order chi connectivity index (χ0) is 16.6. The summed E-state index contributed by atoms with van der Waals surface area (Å²) in [6.07, 6.45) is 8.73. The minimum absolute atomic E-state index is 0.0326. The average molecular weight is 337 g/mol. The lowest BCUT2D eigenvalue weighted by molar-refractivity contribution is -0.114. The number of halogens is 1. The number of hydrogen-bond acceptors (Lipinski definition) is 3. The van der Waals surface area contributed by atoms with Crippen molar-refractivity contribution in [3.8, 4) is 0 Å². The predicted octanol–water partition coefficient (Wildman–Crippen LogP) is 0.536. The van der Waals surface area contributed by atoms with Crippen molar-refractivity contribution in [3.05, 3.63) is 35.5 Å². The van der Waals surface area contributed by atoms with E-state index in [9.17, 15) is 4.79 Å². The van der Waals surface area contributed by atoms with Crippen LogP contribution in [0.4, 0.5) is 0 Å². The lowest BCUT2D eigenvalue weighted by Gasteiger charge is -2.36. The minimum Gasteiger partial charge on any atom is -0.376 e. The molecule has 0 saturated carbocycles. The SMILES string of the molecule is COC1C=CC(Cl)C2=CC(C(=O)N=C(N)N)=CC3CCN(C1)C23. The Balaban J connectivity index is 1.97. The van der Waals surface area contributed by atoms with Gasteiger partial charge in [0.2, 0.25) is 0 Å². The highest BCUT2D eigenvalue weighted by Crippen LogP contribution is 2.39. The molecule has 7 heteroatoms. The maximum Gasteiger partial charge on any atom is 0.279 e. The van der Waals surface area contributed by atoms with Crippen molar-refractivity contribution in [2.45, 2.75) is 23.9 Å². The van der Waals surface area contributed by atoms with Gasteiger partial charge < -0.3 is 16.2 Å². The van der Waals surface area contributed by atoms with Gasteiger partial charge in [-0.2, -0.15) is 4.99 Å². The Morgan fingerprint density at radius 2 is 2.22 bits per heavy atom. The first-order valence-electron chi connectivity index (χ1n) is 7.66. The van der Waals surface area contributed by atoms with Gasteiger partial charge in [0.25, 0.3) is 5.91 Å². The van der Waals surface area contributed by atoms with Crippen molar-refractivity contribution in [1.82, 2.24) is 4.90 Å². The number of alkyl halides is 1. The average Bonchev–Trinajstić information content (AvgIpc) is 2.90. The van der Waals surface area contributed by atoms with Crippen LogP contribution in [0.1, 0.15) is 6.42 Å². The quantitative estimate of drug-likeness (QED) is 0.332. The molecule has 0 radical (unpaired) electrons. The lowest BCUT2D eigenvalue weighted by Crippen LogP contribution is -2.43. The first-order valence-corrected chi connectivity index (χ1v) is 8.09. The highest BCUT2D eigenvalue weighted by Gasteiger charge is 2.41. The third-order valence-corrected chi connectivity index (χ3v) is 5.01. The molecule has 6 nitrogen and oxygen atoms in total. The van der Waals surface area contributed by atoms with E-state index in [1.54, 1.807) is 7.11 Å². The monoisotopic (exact) mass is 336 g/mol. The van der Waals surface area contributed by atoms with Crippen molar-refractivity contribution >= 4 is 23.5 Å². The maximum atomic E-state index is 12.2. The van der Waals surface area contributed by atoms with Gasteiger partial charge >= 0.3 is 0 Å². The molecule has 3 rings (SSSR count). The van der Waals surface area contributed by atoms with E-state index in [1.807, 2.05) is 24.3 Å². The number of guanidine groups is 1. The normalized spacial score (nSPS) is 33.1. The molecule has 3 aliphatic rings. The van der Waals surface area contributed by atoms with Crippen LogP contribution in [0, 0.1) is 5.92 Å². The molecule has 1 saturated heterocycles. The van der Waals surface area contributed by atoms with Crippen molar-refractivity contribution in [3.63, 3.8) is 0 Å². The Kier molecular flexibility index (Phi) is 4.57. The number of nitrogens with zero attached hydrogens (tertiary/aromatic N) is 2. The summed E-state index contributed by atoms with van der Waals surface area (Å²) in [4.78, 5) is 18.2. The molecule has 0 aromatic heterocycles. The fourth-order valence-electron chi connectivity index (χ4n) is 3.60. The number of methoxy groups -OCH3 is 1. The van der Waals surface area contributed by atoms with Crippen LogP contribution < -0.4 is 11.5 Å². The van der Waals surface area contributed by atoms with Crippen LogP contribution in [0.2, 0.25) is 0 Å². The van der Waals surface area contributed by atoms with Crippen molar-refractivity contribution in [2.75, 3.05) is 20.2 Å². The molecule has 23 heavy (non-hydrogen) atoms. The van der Waals surface area contributed by atoms with Crippen LogP contribution in [0.5, 0.6) is 0 Å². The van der Waals surface area contributed by atoms with E-state index in [0.29, 0.717) is 5.57 Å². The van der Waals surface area contributed by atoms with Crippen LogP contribution >= 0.6 is 11.6 Å². The van der Waals surface area contributed by atoms with Gasteiger partial charge in [-0.05, 0) is 30.5 Å². The number of nitrogens with two attached hydrogens (primary N) is 2. The van der Waals surface area contributed by atoms with Gasteiger partial charge in [0.1, 0.15) is 0 Å². The molecular weight excluding hydrogens is 316 g/mol. The molecule has 0 bridgehead atoms. The first kappa shape index (κ1) is 16.2. The third kappa shape index (κ3) is 3.20. The summed E-state index contributed by atoms with van der Waals surface area (Å²) in [6, 6.07) is 0.204. The summed E-state index contributed by atoms with van der Waals surface area (Å²) in [7, 11) is 1.71. The van der Waals surface area contributed by atoms with Gasteiger partial charge in [-0.15, -0.1) is 11.6 Å². The molecule has 4 unspecified atom stereocenters. The first-order chi connectivity index (χ1) is 11.0. The summed E-state index contributed by atoms with van der Waals surface area (Å²) in [6.45, 7) is 1.77. The van der Waals surface area contributed by atoms with Gasteiger partial charge in [0.05, 0.1) is 11.5 Å². The standard InChI is InChI=1S/C16H21ClN4O2/c1-23-11-2-3-13(17)12-7-10(15(22)20-16(18)19)6-9-4-5-21(8-11)14(9)12/h2-3,6-7,9,11,13-14H,4-5,8H2,1H3,(H4,18,19,20,22).